The van der Waals surface area contributed by atoms with Gasteiger partial charge in [0.05, 0.1) is 24.5 Å². The van der Waals surface area contributed by atoms with Crippen LogP contribution in [0.15, 0.2) is 43.1 Å². The Kier molecular flexibility index (Phi) is 5.90. The normalized spacial score (nSPS) is 20.3. The molecule has 1 atom stereocenters. The molecule has 0 radical (unpaired) electrons. The highest BCUT2D eigenvalue weighted by Gasteiger charge is 2.26. The van der Waals surface area contributed by atoms with E-state index in [0.29, 0.717) is 31.8 Å². The maximum Gasteiger partial charge on any atom is 0.255 e. The largest absolute Gasteiger partial charge is 0.375 e. The van der Waals surface area contributed by atoms with Crippen LogP contribution in [-0.4, -0.2) is 80.7 Å². The highest BCUT2D eigenvalue weighted by molar-refractivity contribution is 5.96. The zero-order valence-corrected chi connectivity index (χ0v) is 17.7. The third kappa shape index (κ3) is 4.60. The van der Waals surface area contributed by atoms with E-state index in [9.17, 15) is 4.79 Å². The number of hydrogen-bond donors (Lipinski definition) is 0. The summed E-state index contributed by atoms with van der Waals surface area (Å²) in [6, 6.07) is 5.79. The summed E-state index contributed by atoms with van der Waals surface area (Å²) in [5.41, 5.74) is 3.17. The lowest BCUT2D eigenvalue weighted by atomic mass is 10.2. The van der Waals surface area contributed by atoms with Crippen LogP contribution < -0.4 is 0 Å². The van der Waals surface area contributed by atoms with Gasteiger partial charge in [-0.25, -0.2) is 9.97 Å². The number of nitrogens with zero attached hydrogens (tertiary/aromatic N) is 6. The molecule has 0 N–H and O–H groups in total. The summed E-state index contributed by atoms with van der Waals surface area (Å²) in [7, 11) is 0. The van der Waals surface area contributed by atoms with Crippen molar-refractivity contribution >= 4 is 17.1 Å². The van der Waals surface area contributed by atoms with Gasteiger partial charge in [0.25, 0.3) is 5.91 Å². The standard InChI is InChI=1S/C23H28N6O2/c30-23(28-9-4-10-31-20(16-28)15-27-7-1-2-8-27)19-11-21-22(25-13-19)29(17-26-21)14-18-5-3-6-24-12-18/h3,5-6,11-13,17,20H,1-2,4,7-10,14-16H2. The number of amides is 1. The van der Waals surface area contributed by atoms with Crippen molar-refractivity contribution in [1.82, 2.24) is 29.3 Å². The molecule has 2 aliphatic heterocycles. The molecule has 0 bridgehead atoms. The number of imidazole rings is 1. The zero-order valence-electron chi connectivity index (χ0n) is 17.7. The van der Waals surface area contributed by atoms with Crippen LogP contribution in [0.2, 0.25) is 0 Å². The second kappa shape index (κ2) is 9.11. The molecule has 0 aromatic carbocycles. The van der Waals surface area contributed by atoms with Crippen molar-refractivity contribution in [2.75, 3.05) is 39.3 Å². The number of ether oxygens (including phenoxy) is 1. The van der Waals surface area contributed by atoms with Crippen LogP contribution in [0.25, 0.3) is 11.2 Å². The minimum atomic E-state index is 0.00753. The number of carbonyl (C=O) groups excluding carboxylic acids is 1. The van der Waals surface area contributed by atoms with Crippen LogP contribution in [0.5, 0.6) is 0 Å². The SMILES string of the molecule is O=C(c1cnc2c(c1)ncn2Cc1cccnc1)N1CCCOC(CN2CCCC2)C1. The summed E-state index contributed by atoms with van der Waals surface area (Å²) in [5.74, 6) is 0.00753. The third-order valence-electron chi connectivity index (χ3n) is 6.08. The fourth-order valence-corrected chi connectivity index (χ4v) is 4.50. The van der Waals surface area contributed by atoms with Crippen molar-refractivity contribution in [1.29, 1.82) is 0 Å². The number of likely N-dealkylation sites (tertiary alicyclic amines) is 1. The van der Waals surface area contributed by atoms with E-state index in [2.05, 4.69) is 19.9 Å². The van der Waals surface area contributed by atoms with Crippen molar-refractivity contribution in [2.24, 2.45) is 0 Å². The summed E-state index contributed by atoms with van der Waals surface area (Å²) >= 11 is 0. The molecule has 0 aliphatic carbocycles. The molecule has 2 saturated heterocycles. The smallest absolute Gasteiger partial charge is 0.255 e. The zero-order chi connectivity index (χ0) is 21.0. The van der Waals surface area contributed by atoms with Crippen molar-refractivity contribution in [2.45, 2.75) is 31.9 Å². The summed E-state index contributed by atoms with van der Waals surface area (Å²) in [6.45, 7) is 5.86. The monoisotopic (exact) mass is 420 g/mol. The van der Waals surface area contributed by atoms with Gasteiger partial charge < -0.3 is 19.1 Å². The molecule has 5 rings (SSSR count). The molecule has 3 aromatic heterocycles. The van der Waals surface area contributed by atoms with Gasteiger partial charge in [-0.1, -0.05) is 6.07 Å². The van der Waals surface area contributed by atoms with Crippen LogP contribution in [0.4, 0.5) is 0 Å². The molecule has 31 heavy (non-hydrogen) atoms. The van der Waals surface area contributed by atoms with E-state index in [1.54, 1.807) is 18.7 Å². The fraction of sp³-hybridized carbons (Fsp3) is 0.478. The topological polar surface area (TPSA) is 76.4 Å². The quantitative estimate of drug-likeness (QED) is 0.630. The molecular weight excluding hydrogens is 392 g/mol. The number of rotatable bonds is 5. The maximum absolute atomic E-state index is 13.3. The first-order valence-corrected chi connectivity index (χ1v) is 11.1. The van der Waals surface area contributed by atoms with Crippen LogP contribution >= 0.6 is 0 Å². The predicted molar refractivity (Wildman–Crippen MR) is 117 cm³/mol. The Morgan fingerprint density at radius 3 is 2.87 bits per heavy atom. The number of fused-ring (bicyclic) bond motifs is 1. The highest BCUT2D eigenvalue weighted by atomic mass is 16.5. The predicted octanol–water partition coefficient (Wildman–Crippen LogP) is 2.20. The Morgan fingerprint density at radius 1 is 1.13 bits per heavy atom. The van der Waals surface area contributed by atoms with E-state index in [4.69, 9.17) is 4.74 Å². The molecule has 0 saturated carbocycles. The van der Waals surface area contributed by atoms with Gasteiger partial charge in [0.2, 0.25) is 0 Å². The number of aromatic nitrogens is 4. The van der Waals surface area contributed by atoms with Crippen molar-refractivity contribution in [3.8, 4) is 0 Å². The lowest BCUT2D eigenvalue weighted by molar-refractivity contribution is 0.0297. The molecule has 162 valence electrons. The van der Waals surface area contributed by atoms with E-state index in [0.717, 1.165) is 42.8 Å². The van der Waals surface area contributed by atoms with Crippen molar-refractivity contribution in [3.05, 3.63) is 54.2 Å². The van der Waals surface area contributed by atoms with E-state index in [1.165, 1.54) is 12.8 Å². The molecule has 2 aliphatic rings. The lowest BCUT2D eigenvalue weighted by Crippen LogP contribution is -2.41. The van der Waals surface area contributed by atoms with E-state index >= 15 is 0 Å². The van der Waals surface area contributed by atoms with E-state index < -0.39 is 0 Å². The van der Waals surface area contributed by atoms with Gasteiger partial charge in [-0.3, -0.25) is 9.78 Å². The van der Waals surface area contributed by atoms with Gasteiger partial charge in [0, 0.05) is 44.8 Å². The summed E-state index contributed by atoms with van der Waals surface area (Å²) in [6.07, 6.45) is 10.5. The second-order valence-electron chi connectivity index (χ2n) is 8.41. The number of pyridine rings is 2. The van der Waals surface area contributed by atoms with Gasteiger partial charge in [-0.05, 0) is 50.0 Å². The van der Waals surface area contributed by atoms with Gasteiger partial charge in [0.1, 0.15) is 5.52 Å². The van der Waals surface area contributed by atoms with Gasteiger partial charge in [-0.15, -0.1) is 0 Å². The first kappa shape index (κ1) is 20.1. The first-order valence-electron chi connectivity index (χ1n) is 11.1. The molecule has 5 heterocycles. The summed E-state index contributed by atoms with van der Waals surface area (Å²) < 4.78 is 8.02. The van der Waals surface area contributed by atoms with Crippen molar-refractivity contribution in [3.63, 3.8) is 0 Å². The Bertz CT molecular complexity index is 1030. The second-order valence-corrected chi connectivity index (χ2v) is 8.41. The molecule has 0 spiro atoms. The summed E-state index contributed by atoms with van der Waals surface area (Å²) in [4.78, 5) is 30.8. The lowest BCUT2D eigenvalue weighted by Gasteiger charge is -2.27. The maximum atomic E-state index is 13.3. The Morgan fingerprint density at radius 2 is 2.03 bits per heavy atom. The first-order chi connectivity index (χ1) is 15.3. The Balaban J connectivity index is 1.30. The number of hydrogen-bond acceptors (Lipinski definition) is 6. The van der Waals surface area contributed by atoms with Gasteiger partial charge >= 0.3 is 0 Å². The van der Waals surface area contributed by atoms with Crippen molar-refractivity contribution < 1.29 is 9.53 Å². The van der Waals surface area contributed by atoms with Crippen LogP contribution in [0, 0.1) is 0 Å². The third-order valence-corrected chi connectivity index (χ3v) is 6.08. The highest BCUT2D eigenvalue weighted by Crippen LogP contribution is 2.18. The Labute approximate surface area is 181 Å². The van der Waals surface area contributed by atoms with E-state index in [1.807, 2.05) is 33.9 Å². The van der Waals surface area contributed by atoms with Crippen LogP contribution in [0.1, 0.15) is 35.2 Å². The van der Waals surface area contributed by atoms with Crippen LogP contribution in [-0.2, 0) is 11.3 Å². The molecule has 3 aromatic rings. The summed E-state index contributed by atoms with van der Waals surface area (Å²) in [5, 5.41) is 0. The molecular formula is C23H28N6O2. The van der Waals surface area contributed by atoms with Gasteiger partial charge in [0.15, 0.2) is 5.65 Å². The average Bonchev–Trinajstić information content (AvgIpc) is 3.39. The minimum absolute atomic E-state index is 0.00753. The molecule has 1 unspecified atom stereocenters. The fourth-order valence-electron chi connectivity index (χ4n) is 4.50. The van der Waals surface area contributed by atoms with Crippen LogP contribution in [0.3, 0.4) is 0 Å². The molecule has 8 heteroatoms. The molecule has 8 nitrogen and oxygen atoms in total. The number of carbonyl (C=O) groups is 1. The Hall–Kier alpha value is -2.84. The minimum Gasteiger partial charge on any atom is -0.375 e. The molecule has 1 amide bonds. The molecule has 2 fully saturated rings. The van der Waals surface area contributed by atoms with E-state index in [-0.39, 0.29) is 12.0 Å². The average molecular weight is 421 g/mol. The van der Waals surface area contributed by atoms with Gasteiger partial charge in [-0.2, -0.15) is 0 Å².